The predicted octanol–water partition coefficient (Wildman–Crippen LogP) is 2.29. The number of nitro groups is 1. The minimum absolute atomic E-state index is 0.0590. The lowest BCUT2D eigenvalue weighted by atomic mass is 10.0. The second-order valence-corrected chi connectivity index (χ2v) is 5.46. The van der Waals surface area contributed by atoms with E-state index in [2.05, 4.69) is 5.32 Å². The molecule has 0 aliphatic rings. The number of carbonyl (C=O) groups excluding carboxylic acids is 2. The van der Waals surface area contributed by atoms with Gasteiger partial charge >= 0.3 is 0 Å². The minimum Gasteiger partial charge on any atom is -0.484 e. The molecule has 7 heteroatoms. The van der Waals surface area contributed by atoms with Crippen molar-refractivity contribution in [3.63, 3.8) is 0 Å². The maximum absolute atomic E-state index is 12.0. The second-order valence-electron chi connectivity index (χ2n) is 5.46. The Balaban J connectivity index is 1.88. The average Bonchev–Trinajstić information content (AvgIpc) is 2.60. The number of Topliss-reactive ketones (excluding diaryl/α,β-unsaturated/α-hetero) is 1. The number of nitrogens with zero attached hydrogens (tertiary/aromatic N) is 1. The van der Waals surface area contributed by atoms with Crippen LogP contribution in [-0.4, -0.2) is 29.3 Å². The van der Waals surface area contributed by atoms with Crippen molar-refractivity contribution in [2.75, 3.05) is 6.61 Å². The molecule has 1 atom stereocenters. The molecule has 0 aliphatic heterocycles. The SMILES string of the molecule is CC(=O)C(Cc1ccccc1)NC(=O)COc1ccc([N+](=O)[O-])cc1. The molecular weight excluding hydrogens is 324 g/mol. The van der Waals surface area contributed by atoms with Crippen LogP contribution < -0.4 is 10.1 Å². The molecule has 2 aromatic carbocycles. The number of benzene rings is 2. The first-order chi connectivity index (χ1) is 12.0. The largest absolute Gasteiger partial charge is 0.484 e. The first-order valence-corrected chi connectivity index (χ1v) is 7.66. The van der Waals surface area contributed by atoms with E-state index in [0.29, 0.717) is 12.2 Å². The van der Waals surface area contributed by atoms with E-state index in [4.69, 9.17) is 4.74 Å². The van der Waals surface area contributed by atoms with Crippen molar-refractivity contribution in [3.8, 4) is 5.75 Å². The van der Waals surface area contributed by atoms with Crippen LogP contribution in [0.2, 0.25) is 0 Å². The predicted molar refractivity (Wildman–Crippen MR) is 91.3 cm³/mol. The average molecular weight is 342 g/mol. The number of hydrogen-bond donors (Lipinski definition) is 1. The number of nitro benzene ring substituents is 1. The van der Waals surface area contributed by atoms with Gasteiger partial charge in [0.1, 0.15) is 5.75 Å². The lowest BCUT2D eigenvalue weighted by Gasteiger charge is -2.16. The van der Waals surface area contributed by atoms with Gasteiger partial charge in [-0.1, -0.05) is 30.3 Å². The highest BCUT2D eigenvalue weighted by molar-refractivity contribution is 5.88. The van der Waals surface area contributed by atoms with Gasteiger partial charge in [0.2, 0.25) is 0 Å². The summed E-state index contributed by atoms with van der Waals surface area (Å²) in [6, 6.07) is 14.2. The maximum atomic E-state index is 12.0. The summed E-state index contributed by atoms with van der Waals surface area (Å²) in [5.74, 6) is -0.245. The molecule has 1 N–H and O–H groups in total. The minimum atomic E-state index is -0.629. The van der Waals surface area contributed by atoms with Crippen LogP contribution in [0, 0.1) is 10.1 Å². The Hall–Kier alpha value is -3.22. The molecule has 25 heavy (non-hydrogen) atoms. The molecule has 0 saturated carbocycles. The molecular formula is C18H18N2O5. The van der Waals surface area contributed by atoms with Crippen molar-refractivity contribution in [2.45, 2.75) is 19.4 Å². The molecule has 0 radical (unpaired) electrons. The summed E-state index contributed by atoms with van der Waals surface area (Å²) in [7, 11) is 0. The highest BCUT2D eigenvalue weighted by Crippen LogP contribution is 2.17. The normalized spacial score (nSPS) is 11.4. The molecule has 1 unspecified atom stereocenters. The van der Waals surface area contributed by atoms with Crippen LogP contribution in [0.15, 0.2) is 54.6 Å². The number of nitrogens with one attached hydrogen (secondary N) is 1. The fourth-order valence-electron chi connectivity index (χ4n) is 2.20. The third-order valence-electron chi connectivity index (χ3n) is 3.53. The Morgan fingerprint density at radius 2 is 1.76 bits per heavy atom. The number of amides is 1. The number of carbonyl (C=O) groups is 2. The molecule has 0 spiro atoms. The van der Waals surface area contributed by atoms with E-state index in [1.54, 1.807) is 0 Å². The van der Waals surface area contributed by atoms with Crippen LogP contribution in [0.4, 0.5) is 5.69 Å². The van der Waals surface area contributed by atoms with Gasteiger partial charge in [-0.2, -0.15) is 0 Å². The molecule has 0 aromatic heterocycles. The Labute approximate surface area is 144 Å². The Kier molecular flexibility index (Phi) is 6.22. The smallest absolute Gasteiger partial charge is 0.269 e. The number of ketones is 1. The Bertz CT molecular complexity index is 744. The van der Waals surface area contributed by atoms with Gasteiger partial charge in [0, 0.05) is 12.1 Å². The highest BCUT2D eigenvalue weighted by Gasteiger charge is 2.18. The molecule has 2 aromatic rings. The summed E-state index contributed by atoms with van der Waals surface area (Å²) in [5.41, 5.74) is 0.885. The number of rotatable bonds is 8. The van der Waals surface area contributed by atoms with E-state index in [9.17, 15) is 19.7 Å². The third kappa shape index (κ3) is 5.72. The van der Waals surface area contributed by atoms with Gasteiger partial charge in [0.05, 0.1) is 11.0 Å². The fraction of sp³-hybridized carbons (Fsp3) is 0.222. The van der Waals surface area contributed by atoms with Crippen LogP contribution in [0.1, 0.15) is 12.5 Å². The van der Waals surface area contributed by atoms with Gasteiger partial charge in [0.15, 0.2) is 12.4 Å². The standard InChI is InChI=1S/C18H18N2O5/c1-13(21)17(11-14-5-3-2-4-6-14)19-18(22)12-25-16-9-7-15(8-10-16)20(23)24/h2-10,17H,11-12H2,1H3,(H,19,22). The summed E-state index contributed by atoms with van der Waals surface area (Å²) in [5, 5.41) is 13.2. The summed E-state index contributed by atoms with van der Waals surface area (Å²) < 4.78 is 5.29. The van der Waals surface area contributed by atoms with Crippen LogP contribution in [0.3, 0.4) is 0 Å². The molecule has 0 aliphatic carbocycles. The van der Waals surface area contributed by atoms with E-state index < -0.39 is 16.9 Å². The molecule has 130 valence electrons. The van der Waals surface area contributed by atoms with Crippen molar-refractivity contribution in [1.29, 1.82) is 0 Å². The van der Waals surface area contributed by atoms with Crippen molar-refractivity contribution < 1.29 is 19.2 Å². The van der Waals surface area contributed by atoms with Crippen LogP contribution in [0.25, 0.3) is 0 Å². The van der Waals surface area contributed by atoms with Gasteiger partial charge in [-0.15, -0.1) is 0 Å². The van der Waals surface area contributed by atoms with E-state index in [0.717, 1.165) is 5.56 Å². The van der Waals surface area contributed by atoms with Crippen molar-refractivity contribution in [2.24, 2.45) is 0 Å². The number of hydrogen-bond acceptors (Lipinski definition) is 5. The molecule has 0 saturated heterocycles. The van der Waals surface area contributed by atoms with Gasteiger partial charge in [-0.3, -0.25) is 19.7 Å². The zero-order valence-corrected chi connectivity index (χ0v) is 13.7. The monoisotopic (exact) mass is 342 g/mol. The molecule has 0 fully saturated rings. The summed E-state index contributed by atoms with van der Waals surface area (Å²) in [6.07, 6.45) is 0.402. The molecule has 7 nitrogen and oxygen atoms in total. The van der Waals surface area contributed by atoms with Gasteiger partial charge < -0.3 is 10.1 Å². The Morgan fingerprint density at radius 1 is 1.12 bits per heavy atom. The number of non-ortho nitro benzene ring substituents is 1. The van der Waals surface area contributed by atoms with Crippen LogP contribution in [0.5, 0.6) is 5.75 Å². The summed E-state index contributed by atoms with van der Waals surface area (Å²) in [6.45, 7) is 1.14. The zero-order chi connectivity index (χ0) is 18.2. The van der Waals surface area contributed by atoms with E-state index in [-0.39, 0.29) is 18.1 Å². The lowest BCUT2D eigenvalue weighted by Crippen LogP contribution is -2.43. The van der Waals surface area contributed by atoms with Crippen LogP contribution in [-0.2, 0) is 16.0 Å². The third-order valence-corrected chi connectivity index (χ3v) is 3.53. The van der Waals surface area contributed by atoms with Gasteiger partial charge in [0.25, 0.3) is 11.6 Å². The number of ether oxygens (including phenoxy) is 1. The lowest BCUT2D eigenvalue weighted by molar-refractivity contribution is -0.384. The maximum Gasteiger partial charge on any atom is 0.269 e. The summed E-state index contributed by atoms with van der Waals surface area (Å²) in [4.78, 5) is 33.8. The first-order valence-electron chi connectivity index (χ1n) is 7.66. The van der Waals surface area contributed by atoms with Gasteiger partial charge in [-0.05, 0) is 31.0 Å². The van der Waals surface area contributed by atoms with Gasteiger partial charge in [-0.25, -0.2) is 0 Å². The van der Waals surface area contributed by atoms with Crippen molar-refractivity contribution in [1.82, 2.24) is 5.32 Å². The van der Waals surface area contributed by atoms with Crippen LogP contribution >= 0.6 is 0 Å². The Morgan fingerprint density at radius 3 is 2.32 bits per heavy atom. The van der Waals surface area contributed by atoms with E-state index in [1.165, 1.54) is 31.2 Å². The quantitative estimate of drug-likeness (QED) is 0.586. The van der Waals surface area contributed by atoms with Crippen molar-refractivity contribution in [3.05, 3.63) is 70.3 Å². The summed E-state index contributed by atoms with van der Waals surface area (Å²) >= 11 is 0. The zero-order valence-electron chi connectivity index (χ0n) is 13.7. The molecule has 2 rings (SSSR count). The molecule has 1 amide bonds. The molecule has 0 heterocycles. The first kappa shape index (κ1) is 18.1. The highest BCUT2D eigenvalue weighted by atomic mass is 16.6. The topological polar surface area (TPSA) is 98.5 Å². The second kappa shape index (κ2) is 8.58. The van der Waals surface area contributed by atoms with E-state index >= 15 is 0 Å². The fourth-order valence-corrected chi connectivity index (χ4v) is 2.20. The molecule has 0 bridgehead atoms. The van der Waals surface area contributed by atoms with E-state index in [1.807, 2.05) is 30.3 Å². The van der Waals surface area contributed by atoms with Crippen molar-refractivity contribution >= 4 is 17.4 Å².